The summed E-state index contributed by atoms with van der Waals surface area (Å²) in [5.74, 6) is -1.47. The number of halogens is 1. The van der Waals surface area contributed by atoms with Crippen LogP contribution in [0.5, 0.6) is 0 Å². The number of para-hydroxylation sites is 1. The summed E-state index contributed by atoms with van der Waals surface area (Å²) in [6.07, 6.45) is 1.17. The highest BCUT2D eigenvalue weighted by Crippen LogP contribution is 2.33. The number of carboxylic acids is 1. The minimum atomic E-state index is -3.59. The van der Waals surface area contributed by atoms with Gasteiger partial charge in [0.15, 0.2) is 0 Å². The van der Waals surface area contributed by atoms with Crippen LogP contribution in [0.1, 0.15) is 23.2 Å². The summed E-state index contributed by atoms with van der Waals surface area (Å²) in [5, 5.41) is 10.2. The van der Waals surface area contributed by atoms with Gasteiger partial charge in [-0.15, -0.1) is 0 Å². The second-order valence-corrected chi connectivity index (χ2v) is 9.74. The predicted molar refractivity (Wildman–Crippen MR) is 112 cm³/mol. The summed E-state index contributed by atoms with van der Waals surface area (Å²) >= 11 is 0. The number of aromatic nitrogens is 1. The maximum absolute atomic E-state index is 13.1. The molecule has 0 aliphatic carbocycles. The van der Waals surface area contributed by atoms with Gasteiger partial charge in [-0.05, 0) is 42.2 Å². The third-order valence-corrected chi connectivity index (χ3v) is 7.72. The standard InChI is InChI=1S/C22H23FN2O4S/c1-24(30(28,29)14-15-6-8-16(23)9-7-15)17-10-11-21-19(12-22(26)27)18-4-2-3-5-20(18)25(21)13-17/h2-9,17H,10-14H2,1H3,(H,26,27)/t17-/m1/s1. The van der Waals surface area contributed by atoms with Crippen molar-refractivity contribution in [3.05, 3.63) is 71.2 Å². The first-order valence-electron chi connectivity index (χ1n) is 9.77. The van der Waals surface area contributed by atoms with Crippen LogP contribution >= 0.6 is 0 Å². The van der Waals surface area contributed by atoms with Gasteiger partial charge >= 0.3 is 5.97 Å². The Hall–Kier alpha value is -2.71. The highest BCUT2D eigenvalue weighted by atomic mass is 32.2. The van der Waals surface area contributed by atoms with E-state index in [-0.39, 0.29) is 18.2 Å². The van der Waals surface area contributed by atoms with Gasteiger partial charge in [-0.1, -0.05) is 30.3 Å². The number of benzene rings is 2. The van der Waals surface area contributed by atoms with E-state index >= 15 is 0 Å². The van der Waals surface area contributed by atoms with Crippen molar-refractivity contribution < 1.29 is 22.7 Å². The maximum atomic E-state index is 13.1. The Labute approximate surface area is 174 Å². The molecule has 2 aromatic carbocycles. The van der Waals surface area contributed by atoms with E-state index in [1.807, 2.05) is 24.3 Å². The Morgan fingerprint density at radius 3 is 2.60 bits per heavy atom. The SMILES string of the molecule is CN([C@@H]1CCc2c(CC(=O)O)c3ccccc3n2C1)S(=O)(=O)Cc1ccc(F)cc1. The Bertz CT molecular complexity index is 1200. The van der Waals surface area contributed by atoms with Crippen molar-refractivity contribution in [1.82, 2.24) is 8.87 Å². The van der Waals surface area contributed by atoms with Gasteiger partial charge in [-0.3, -0.25) is 4.79 Å². The average Bonchev–Trinajstić information content (AvgIpc) is 3.02. The molecule has 8 heteroatoms. The molecule has 1 aromatic heterocycles. The van der Waals surface area contributed by atoms with Gasteiger partial charge in [0.2, 0.25) is 10.0 Å². The smallest absolute Gasteiger partial charge is 0.307 e. The first-order chi connectivity index (χ1) is 14.3. The highest BCUT2D eigenvalue weighted by molar-refractivity contribution is 7.88. The van der Waals surface area contributed by atoms with Crippen LogP contribution in [0.2, 0.25) is 0 Å². The van der Waals surface area contributed by atoms with Crippen LogP contribution in [-0.2, 0) is 40.0 Å². The number of carbonyl (C=O) groups is 1. The number of hydrogen-bond donors (Lipinski definition) is 1. The fourth-order valence-electron chi connectivity index (χ4n) is 4.29. The molecule has 1 atom stereocenters. The van der Waals surface area contributed by atoms with Crippen LogP contribution in [-0.4, -0.2) is 41.5 Å². The lowest BCUT2D eigenvalue weighted by Crippen LogP contribution is -2.43. The monoisotopic (exact) mass is 430 g/mol. The van der Waals surface area contributed by atoms with Crippen LogP contribution in [0, 0.1) is 5.82 Å². The van der Waals surface area contributed by atoms with Crippen LogP contribution < -0.4 is 0 Å². The Kier molecular flexibility index (Phi) is 5.38. The van der Waals surface area contributed by atoms with E-state index in [1.165, 1.54) is 28.6 Å². The van der Waals surface area contributed by atoms with E-state index in [4.69, 9.17) is 0 Å². The first-order valence-corrected chi connectivity index (χ1v) is 11.4. The molecule has 0 bridgehead atoms. The highest BCUT2D eigenvalue weighted by Gasteiger charge is 2.32. The van der Waals surface area contributed by atoms with Gasteiger partial charge < -0.3 is 9.67 Å². The molecule has 1 aliphatic rings. The number of rotatable bonds is 6. The second-order valence-electron chi connectivity index (χ2n) is 7.71. The van der Waals surface area contributed by atoms with E-state index in [1.54, 1.807) is 7.05 Å². The molecule has 2 heterocycles. The predicted octanol–water partition coefficient (Wildman–Crippen LogP) is 3.18. The van der Waals surface area contributed by atoms with Crippen molar-refractivity contribution in [2.24, 2.45) is 0 Å². The Morgan fingerprint density at radius 1 is 1.20 bits per heavy atom. The zero-order chi connectivity index (χ0) is 21.5. The van der Waals surface area contributed by atoms with Crippen molar-refractivity contribution in [2.75, 3.05) is 7.05 Å². The van der Waals surface area contributed by atoms with Crippen molar-refractivity contribution in [2.45, 2.75) is 37.6 Å². The minimum Gasteiger partial charge on any atom is -0.481 e. The number of fused-ring (bicyclic) bond motifs is 3. The third kappa shape index (κ3) is 3.85. The molecule has 1 N–H and O–H groups in total. The molecule has 0 fully saturated rings. The lowest BCUT2D eigenvalue weighted by atomic mass is 10.0. The molecule has 0 spiro atoms. The molecule has 30 heavy (non-hydrogen) atoms. The number of carboxylic acid groups (broad SMARTS) is 1. The lowest BCUT2D eigenvalue weighted by Gasteiger charge is -2.32. The van der Waals surface area contributed by atoms with Gasteiger partial charge in [-0.25, -0.2) is 12.8 Å². The zero-order valence-electron chi connectivity index (χ0n) is 16.6. The Morgan fingerprint density at radius 2 is 1.90 bits per heavy atom. The Balaban J connectivity index is 1.62. The second kappa shape index (κ2) is 7.85. The molecular formula is C22H23FN2O4S. The minimum absolute atomic E-state index is 0.0494. The number of sulfonamides is 1. The molecular weight excluding hydrogens is 407 g/mol. The molecule has 158 valence electrons. The zero-order valence-corrected chi connectivity index (χ0v) is 17.4. The normalized spacial score (nSPS) is 16.7. The molecule has 4 rings (SSSR count). The fraction of sp³-hybridized carbons (Fsp3) is 0.318. The molecule has 1 aliphatic heterocycles. The van der Waals surface area contributed by atoms with Gasteiger partial charge in [0.25, 0.3) is 0 Å². The molecule has 0 saturated heterocycles. The quantitative estimate of drug-likeness (QED) is 0.651. The van der Waals surface area contributed by atoms with Gasteiger partial charge in [0.05, 0.1) is 12.2 Å². The van der Waals surface area contributed by atoms with Crippen molar-refractivity contribution >= 4 is 26.9 Å². The molecule has 0 unspecified atom stereocenters. The summed E-state index contributed by atoms with van der Waals surface area (Å²) in [5.41, 5.74) is 3.25. The number of hydrogen-bond acceptors (Lipinski definition) is 3. The first kappa shape index (κ1) is 20.6. The maximum Gasteiger partial charge on any atom is 0.307 e. The summed E-state index contributed by atoms with van der Waals surface area (Å²) in [6, 6.07) is 12.9. The van der Waals surface area contributed by atoms with Crippen molar-refractivity contribution in [1.29, 1.82) is 0 Å². The van der Waals surface area contributed by atoms with E-state index in [0.29, 0.717) is 24.9 Å². The fourth-order valence-corrected chi connectivity index (χ4v) is 5.74. The molecule has 3 aromatic rings. The van der Waals surface area contributed by atoms with Crippen LogP contribution in [0.3, 0.4) is 0 Å². The lowest BCUT2D eigenvalue weighted by molar-refractivity contribution is -0.136. The van der Waals surface area contributed by atoms with E-state index in [9.17, 15) is 22.7 Å². The van der Waals surface area contributed by atoms with Crippen LogP contribution in [0.25, 0.3) is 10.9 Å². The largest absolute Gasteiger partial charge is 0.481 e. The third-order valence-electron chi connectivity index (χ3n) is 5.85. The van der Waals surface area contributed by atoms with Crippen molar-refractivity contribution in [3.63, 3.8) is 0 Å². The summed E-state index contributed by atoms with van der Waals surface area (Å²) in [6.45, 7) is 0.467. The van der Waals surface area contributed by atoms with Crippen LogP contribution in [0.4, 0.5) is 4.39 Å². The average molecular weight is 431 g/mol. The van der Waals surface area contributed by atoms with Crippen LogP contribution in [0.15, 0.2) is 48.5 Å². The molecule has 0 saturated carbocycles. The number of nitrogens with zero attached hydrogens (tertiary/aromatic N) is 2. The van der Waals surface area contributed by atoms with Gasteiger partial charge in [-0.2, -0.15) is 4.31 Å². The number of likely N-dealkylation sites (N-methyl/N-ethyl adjacent to an activating group) is 1. The molecule has 0 amide bonds. The molecule has 6 nitrogen and oxygen atoms in total. The summed E-state index contributed by atoms with van der Waals surface area (Å²) < 4.78 is 42.5. The van der Waals surface area contributed by atoms with E-state index < -0.39 is 21.8 Å². The van der Waals surface area contributed by atoms with E-state index in [0.717, 1.165) is 22.2 Å². The van der Waals surface area contributed by atoms with Gasteiger partial charge in [0.1, 0.15) is 5.82 Å². The number of aliphatic carboxylic acids is 1. The molecule has 0 radical (unpaired) electrons. The topological polar surface area (TPSA) is 79.6 Å². The summed E-state index contributed by atoms with van der Waals surface area (Å²) in [7, 11) is -2.01. The van der Waals surface area contributed by atoms with E-state index in [2.05, 4.69) is 4.57 Å². The van der Waals surface area contributed by atoms with Gasteiger partial charge in [0, 0.05) is 36.2 Å². The summed E-state index contributed by atoms with van der Waals surface area (Å²) in [4.78, 5) is 11.4. The van der Waals surface area contributed by atoms with Crippen molar-refractivity contribution in [3.8, 4) is 0 Å².